The summed E-state index contributed by atoms with van der Waals surface area (Å²) in [5.41, 5.74) is 1.47. The van der Waals surface area contributed by atoms with E-state index in [0.717, 1.165) is 4.48 Å². The summed E-state index contributed by atoms with van der Waals surface area (Å²) in [7, 11) is 4.78. The van der Waals surface area contributed by atoms with Crippen LogP contribution in [0.3, 0.4) is 0 Å². The van der Waals surface area contributed by atoms with Gasteiger partial charge in [0, 0.05) is 5.56 Å². The highest BCUT2D eigenvalue weighted by molar-refractivity contribution is 5.16. The van der Waals surface area contributed by atoms with Crippen LogP contribution in [0.2, 0.25) is 0 Å². The molecule has 27 heavy (non-hydrogen) atoms. The first-order chi connectivity index (χ1) is 13.1. The summed E-state index contributed by atoms with van der Waals surface area (Å²) in [4.78, 5) is 0. The molecule has 1 aromatic carbocycles. The van der Waals surface area contributed by atoms with E-state index in [-0.39, 0.29) is 0 Å². The van der Waals surface area contributed by atoms with Gasteiger partial charge < -0.3 is 4.48 Å². The van der Waals surface area contributed by atoms with Crippen molar-refractivity contribution in [3.05, 3.63) is 35.9 Å². The topological polar surface area (TPSA) is 0 Å². The van der Waals surface area contributed by atoms with Gasteiger partial charge in [0.1, 0.15) is 6.04 Å². The van der Waals surface area contributed by atoms with Crippen molar-refractivity contribution < 1.29 is 4.48 Å². The van der Waals surface area contributed by atoms with Crippen molar-refractivity contribution in [1.29, 1.82) is 0 Å². The normalized spacial score (nSPS) is 13.0. The second-order valence-electron chi connectivity index (χ2n) is 9.19. The molecule has 0 N–H and O–H groups in total. The van der Waals surface area contributed by atoms with Crippen molar-refractivity contribution in [2.45, 2.75) is 110 Å². The molecule has 0 fully saturated rings. The number of quaternary nitrogens is 1. The fraction of sp³-hybridized carbons (Fsp3) is 0.769. The van der Waals surface area contributed by atoms with Crippen LogP contribution >= 0.6 is 0 Å². The zero-order valence-electron chi connectivity index (χ0n) is 19.0. The van der Waals surface area contributed by atoms with Gasteiger partial charge in [0.2, 0.25) is 0 Å². The third-order valence-corrected chi connectivity index (χ3v) is 6.42. The van der Waals surface area contributed by atoms with Gasteiger partial charge in [-0.15, -0.1) is 0 Å². The molecule has 1 atom stereocenters. The first-order valence-corrected chi connectivity index (χ1v) is 12.0. The van der Waals surface area contributed by atoms with Gasteiger partial charge in [-0.3, -0.25) is 0 Å². The minimum absolute atomic E-state index is 0.577. The van der Waals surface area contributed by atoms with Crippen molar-refractivity contribution in [3.8, 4) is 0 Å². The maximum absolute atomic E-state index is 2.39. The Labute approximate surface area is 171 Å². The Morgan fingerprint density at radius 2 is 1.04 bits per heavy atom. The van der Waals surface area contributed by atoms with E-state index in [1.165, 1.54) is 102 Å². The molecule has 1 rings (SSSR count). The lowest BCUT2D eigenvalue weighted by Gasteiger charge is -2.36. The number of rotatable bonds is 17. The maximum atomic E-state index is 2.39. The Hall–Kier alpha value is -0.820. The minimum Gasteiger partial charge on any atom is -0.323 e. The molecular formula is C26H48N+. The summed E-state index contributed by atoms with van der Waals surface area (Å²) in [5.74, 6) is 0. The Balaban J connectivity index is 1.95. The van der Waals surface area contributed by atoms with Crippen molar-refractivity contribution >= 4 is 0 Å². The lowest BCUT2D eigenvalue weighted by molar-refractivity contribution is -0.919. The highest BCUT2D eigenvalue weighted by Gasteiger charge is 2.24. The molecular weight excluding hydrogens is 326 g/mol. The van der Waals surface area contributed by atoms with Gasteiger partial charge in [-0.1, -0.05) is 114 Å². The smallest absolute Gasteiger partial charge is 0.111 e. The zero-order valence-corrected chi connectivity index (χ0v) is 19.0. The molecule has 1 heteroatoms. The van der Waals surface area contributed by atoms with Crippen LogP contribution < -0.4 is 0 Å². The Kier molecular flexibility index (Phi) is 13.6. The molecule has 0 amide bonds. The summed E-state index contributed by atoms with van der Waals surface area (Å²) >= 11 is 0. The summed E-state index contributed by atoms with van der Waals surface area (Å²) in [5, 5.41) is 0. The number of nitrogens with zero attached hydrogens (tertiary/aromatic N) is 1. The van der Waals surface area contributed by atoms with Gasteiger partial charge in [-0.25, -0.2) is 0 Å². The molecule has 0 heterocycles. The van der Waals surface area contributed by atoms with E-state index >= 15 is 0 Å². The van der Waals surface area contributed by atoms with Crippen molar-refractivity contribution in [2.24, 2.45) is 0 Å². The summed E-state index contributed by atoms with van der Waals surface area (Å²) in [6, 6.07) is 11.6. The molecule has 1 nitrogen and oxygen atoms in total. The fourth-order valence-corrected chi connectivity index (χ4v) is 4.04. The molecule has 156 valence electrons. The predicted octanol–water partition coefficient (Wildman–Crippen LogP) is 8.31. The number of hydrogen-bond donors (Lipinski definition) is 0. The fourth-order valence-electron chi connectivity index (χ4n) is 4.04. The van der Waals surface area contributed by atoms with E-state index in [9.17, 15) is 0 Å². The average molecular weight is 375 g/mol. The molecule has 0 saturated heterocycles. The van der Waals surface area contributed by atoms with Crippen LogP contribution in [0.1, 0.15) is 115 Å². The molecule has 0 spiro atoms. The Morgan fingerprint density at radius 3 is 1.48 bits per heavy atom. The minimum atomic E-state index is 0.577. The molecule has 1 aromatic rings. The summed E-state index contributed by atoms with van der Waals surface area (Å²) in [6.07, 6.45) is 20.1. The predicted molar refractivity (Wildman–Crippen MR) is 122 cm³/mol. The molecule has 0 saturated carbocycles. The van der Waals surface area contributed by atoms with E-state index in [0.29, 0.717) is 6.04 Å². The molecule has 0 aliphatic rings. The molecule has 0 aliphatic carbocycles. The second-order valence-corrected chi connectivity index (χ2v) is 9.19. The summed E-state index contributed by atoms with van der Waals surface area (Å²) in [6.45, 7) is 5.96. The second kappa shape index (κ2) is 15.1. The van der Waals surface area contributed by atoms with Crippen LogP contribution in [0.15, 0.2) is 30.3 Å². The maximum Gasteiger partial charge on any atom is 0.111 e. The monoisotopic (exact) mass is 374 g/mol. The Bertz CT molecular complexity index is 437. The lowest BCUT2D eigenvalue weighted by Crippen LogP contribution is -2.42. The molecule has 0 aliphatic heterocycles. The van der Waals surface area contributed by atoms with Gasteiger partial charge in [0.05, 0.1) is 20.6 Å². The molecule has 0 bridgehead atoms. The van der Waals surface area contributed by atoms with Gasteiger partial charge in [-0.05, 0) is 19.8 Å². The summed E-state index contributed by atoms with van der Waals surface area (Å²) < 4.78 is 1.10. The number of hydrogen-bond acceptors (Lipinski definition) is 0. The van der Waals surface area contributed by atoms with Gasteiger partial charge >= 0.3 is 0 Å². The van der Waals surface area contributed by atoms with E-state index < -0.39 is 0 Å². The van der Waals surface area contributed by atoms with Gasteiger partial charge in [-0.2, -0.15) is 0 Å². The van der Waals surface area contributed by atoms with E-state index in [1.54, 1.807) is 0 Å². The molecule has 0 aromatic heterocycles. The largest absolute Gasteiger partial charge is 0.323 e. The SMILES string of the molecule is CCCCCCCCCCCCCCCC[N+](C)(C)C(C)c1ccccc1. The van der Waals surface area contributed by atoms with Gasteiger partial charge in [0.15, 0.2) is 0 Å². The van der Waals surface area contributed by atoms with E-state index in [4.69, 9.17) is 0 Å². The van der Waals surface area contributed by atoms with Gasteiger partial charge in [0.25, 0.3) is 0 Å². The first kappa shape index (κ1) is 24.2. The quantitative estimate of drug-likeness (QED) is 0.190. The van der Waals surface area contributed by atoms with Crippen LogP contribution in [0.5, 0.6) is 0 Å². The van der Waals surface area contributed by atoms with Crippen LogP contribution in [-0.4, -0.2) is 25.1 Å². The highest BCUT2D eigenvalue weighted by atomic mass is 15.3. The van der Waals surface area contributed by atoms with Crippen LogP contribution in [0, 0.1) is 0 Å². The molecule has 0 radical (unpaired) electrons. The van der Waals surface area contributed by atoms with Crippen LogP contribution in [-0.2, 0) is 0 Å². The van der Waals surface area contributed by atoms with E-state index in [1.807, 2.05) is 0 Å². The molecule has 1 unspecified atom stereocenters. The van der Waals surface area contributed by atoms with Crippen molar-refractivity contribution in [3.63, 3.8) is 0 Å². The van der Waals surface area contributed by atoms with Crippen molar-refractivity contribution in [1.82, 2.24) is 0 Å². The zero-order chi connectivity index (χ0) is 19.8. The lowest BCUT2D eigenvalue weighted by atomic mass is 10.0. The third kappa shape index (κ3) is 11.6. The van der Waals surface area contributed by atoms with E-state index in [2.05, 4.69) is 58.3 Å². The van der Waals surface area contributed by atoms with Crippen molar-refractivity contribution in [2.75, 3.05) is 20.6 Å². The van der Waals surface area contributed by atoms with Crippen LogP contribution in [0.25, 0.3) is 0 Å². The number of benzene rings is 1. The number of unbranched alkanes of at least 4 members (excludes halogenated alkanes) is 13. The Morgan fingerprint density at radius 1 is 0.630 bits per heavy atom. The first-order valence-electron chi connectivity index (χ1n) is 12.0. The average Bonchev–Trinajstić information content (AvgIpc) is 2.68. The third-order valence-electron chi connectivity index (χ3n) is 6.42. The highest BCUT2D eigenvalue weighted by Crippen LogP contribution is 2.25. The standard InChI is InChI=1S/C26H48N/c1-5-6-7-8-9-10-11-12-13-14-15-16-17-21-24-27(3,4)25(2)26-22-19-18-20-23-26/h18-20,22-23,25H,5-17,21,24H2,1-4H3/q+1. The van der Waals surface area contributed by atoms with Crippen LogP contribution in [0.4, 0.5) is 0 Å².